The quantitative estimate of drug-likeness (QED) is 0.624. The molecule has 0 radical (unpaired) electrons. The van der Waals surface area contributed by atoms with Crippen LogP contribution >= 0.6 is 0 Å². The molecule has 0 fully saturated rings. The monoisotopic (exact) mass is 346 g/mol. The van der Waals surface area contributed by atoms with Crippen LogP contribution in [0.4, 0.5) is 18.9 Å². The number of rotatable bonds is 3. The summed E-state index contributed by atoms with van der Waals surface area (Å²) in [7, 11) is -4.05. The molecule has 0 unspecified atom stereocenters. The predicted octanol–water partition coefficient (Wildman–Crippen LogP) is 2.98. The van der Waals surface area contributed by atoms with Crippen LogP contribution in [0.2, 0.25) is 0 Å². The van der Waals surface area contributed by atoms with Gasteiger partial charge in [-0.3, -0.25) is 0 Å². The number of hydrogen-bond donors (Lipinski definition) is 0. The first-order chi connectivity index (χ1) is 10.9. The van der Waals surface area contributed by atoms with Crippen molar-refractivity contribution >= 4 is 15.5 Å². The number of pyridine rings is 1. The van der Waals surface area contributed by atoms with E-state index < -0.39 is 38.1 Å². The molecule has 0 atom stereocenters. The van der Waals surface area contributed by atoms with Crippen LogP contribution in [0.5, 0.6) is 0 Å². The number of halogens is 3. The van der Waals surface area contributed by atoms with E-state index in [0.717, 1.165) is 25.7 Å². The highest BCUT2D eigenvalue weighted by Crippen LogP contribution is 2.35. The molecule has 0 N–H and O–H groups in total. The molecular weight excluding hydrogens is 329 g/mol. The molecule has 4 nitrogen and oxygen atoms in total. The van der Waals surface area contributed by atoms with Gasteiger partial charge in [-0.1, -0.05) is 11.6 Å². The van der Waals surface area contributed by atoms with Gasteiger partial charge in [0.1, 0.15) is 10.6 Å². The highest BCUT2D eigenvalue weighted by Gasteiger charge is 2.37. The van der Waals surface area contributed by atoms with Crippen molar-refractivity contribution in [1.29, 1.82) is 0 Å². The molecule has 2 heterocycles. The Balaban J connectivity index is 1.94. The van der Waals surface area contributed by atoms with Gasteiger partial charge in [0.05, 0.1) is 5.75 Å². The summed E-state index contributed by atoms with van der Waals surface area (Å²) in [6.07, 6.45) is 7.03. The molecule has 3 rings (SSSR count). The fourth-order valence-corrected chi connectivity index (χ4v) is 4.65. The summed E-state index contributed by atoms with van der Waals surface area (Å²) in [6, 6.07) is 0. The summed E-state index contributed by atoms with van der Waals surface area (Å²) in [5, 5.41) is 0. The van der Waals surface area contributed by atoms with Gasteiger partial charge in [0.2, 0.25) is 5.95 Å². The van der Waals surface area contributed by atoms with Gasteiger partial charge in [-0.25, -0.2) is 12.8 Å². The zero-order valence-corrected chi connectivity index (χ0v) is 13.3. The Morgan fingerprint density at radius 2 is 1.96 bits per heavy atom. The van der Waals surface area contributed by atoms with Gasteiger partial charge in [-0.15, -0.1) is 0 Å². The lowest BCUT2D eigenvalue weighted by Crippen LogP contribution is -2.38. The third-order valence-electron chi connectivity index (χ3n) is 4.33. The highest BCUT2D eigenvalue weighted by molar-refractivity contribution is 7.91. The molecule has 23 heavy (non-hydrogen) atoms. The molecule has 0 aromatic carbocycles. The third kappa shape index (κ3) is 3.08. The van der Waals surface area contributed by atoms with Gasteiger partial charge in [0.15, 0.2) is 15.7 Å². The normalized spacial score (nSPS) is 20.1. The first-order valence-electron chi connectivity index (χ1n) is 7.60. The number of fused-ring (bicyclic) bond motifs is 1. The van der Waals surface area contributed by atoms with E-state index in [0.29, 0.717) is 13.0 Å². The topological polar surface area (TPSA) is 50.3 Å². The molecule has 1 aliphatic heterocycles. The van der Waals surface area contributed by atoms with Crippen molar-refractivity contribution in [2.75, 3.05) is 23.7 Å². The maximum Gasteiger partial charge on any atom is 0.253 e. The Bertz CT molecular complexity index is 762. The molecular formula is C15H17F3N2O2S. The summed E-state index contributed by atoms with van der Waals surface area (Å²) < 4.78 is 65.3. The largest absolute Gasteiger partial charge is 0.365 e. The van der Waals surface area contributed by atoms with Crippen LogP contribution < -0.4 is 4.90 Å². The molecule has 126 valence electrons. The lowest BCUT2D eigenvalue weighted by Gasteiger charge is -2.31. The number of allylic oxidation sites excluding steroid dienone is 1. The van der Waals surface area contributed by atoms with Crippen molar-refractivity contribution in [2.24, 2.45) is 0 Å². The molecule has 1 aliphatic carbocycles. The second-order valence-corrected chi connectivity index (χ2v) is 7.90. The van der Waals surface area contributed by atoms with E-state index in [-0.39, 0.29) is 12.3 Å². The van der Waals surface area contributed by atoms with Crippen molar-refractivity contribution in [3.8, 4) is 0 Å². The van der Waals surface area contributed by atoms with Crippen LogP contribution in [0.25, 0.3) is 0 Å². The van der Waals surface area contributed by atoms with Crippen molar-refractivity contribution < 1.29 is 21.6 Å². The van der Waals surface area contributed by atoms with Crippen molar-refractivity contribution in [3.63, 3.8) is 0 Å². The maximum absolute atomic E-state index is 14.0. The molecule has 8 heteroatoms. The minimum atomic E-state index is -4.05. The average Bonchev–Trinajstić information content (AvgIpc) is 2.52. The number of hydrogen-bond acceptors (Lipinski definition) is 4. The van der Waals surface area contributed by atoms with E-state index in [1.54, 1.807) is 0 Å². The number of sulfone groups is 1. The second kappa shape index (κ2) is 6.14. The first kappa shape index (κ1) is 16.3. The summed E-state index contributed by atoms with van der Waals surface area (Å²) in [4.78, 5) is 3.43. The van der Waals surface area contributed by atoms with E-state index >= 15 is 0 Å². The number of aromatic nitrogens is 1. The first-order valence-corrected chi connectivity index (χ1v) is 9.25. The molecule has 0 saturated heterocycles. The minimum absolute atomic E-state index is 0.0479. The molecule has 0 bridgehead atoms. The lowest BCUT2D eigenvalue weighted by atomic mass is 9.97. The van der Waals surface area contributed by atoms with Crippen LogP contribution in [0, 0.1) is 17.7 Å². The van der Waals surface area contributed by atoms with E-state index in [9.17, 15) is 21.6 Å². The second-order valence-electron chi connectivity index (χ2n) is 5.85. The smallest absolute Gasteiger partial charge is 0.253 e. The van der Waals surface area contributed by atoms with Crippen LogP contribution in [0.3, 0.4) is 0 Å². The van der Waals surface area contributed by atoms with Crippen LogP contribution in [0.15, 0.2) is 16.5 Å². The van der Waals surface area contributed by atoms with Gasteiger partial charge in [0.25, 0.3) is 5.95 Å². The van der Waals surface area contributed by atoms with Gasteiger partial charge < -0.3 is 4.90 Å². The Labute approximate surface area is 132 Å². The molecule has 0 saturated carbocycles. The fourth-order valence-electron chi connectivity index (χ4n) is 3.12. The van der Waals surface area contributed by atoms with Crippen LogP contribution in [-0.4, -0.2) is 32.2 Å². The van der Waals surface area contributed by atoms with Crippen molar-refractivity contribution in [2.45, 2.75) is 37.0 Å². The van der Waals surface area contributed by atoms with Gasteiger partial charge in [-0.05, 0) is 32.1 Å². The number of nitrogens with zero attached hydrogens (tertiary/aromatic N) is 2. The standard InChI is InChI=1S/C15H17F3N2O2S/c16-11-13-12(15(18)19-14(11)17)20(8-9-23(13,21)22)7-6-10-4-2-1-3-5-10/h4H,1-3,5-9H2. The molecule has 2 aliphatic rings. The SMILES string of the molecule is O=S1(=O)CCN(CCC2=CCCCC2)c2c(F)nc(F)c(F)c21. The Kier molecular flexibility index (Phi) is 4.35. The van der Waals surface area contributed by atoms with E-state index in [4.69, 9.17) is 0 Å². The lowest BCUT2D eigenvalue weighted by molar-refractivity contribution is 0.425. The summed E-state index contributed by atoms with van der Waals surface area (Å²) in [6.45, 7) is 0.407. The summed E-state index contributed by atoms with van der Waals surface area (Å²) in [5.74, 6) is -4.96. The maximum atomic E-state index is 14.0. The van der Waals surface area contributed by atoms with Crippen molar-refractivity contribution in [1.82, 2.24) is 4.98 Å². The Morgan fingerprint density at radius 3 is 2.65 bits per heavy atom. The van der Waals surface area contributed by atoms with Gasteiger partial charge in [0, 0.05) is 13.1 Å². The van der Waals surface area contributed by atoms with Gasteiger partial charge >= 0.3 is 0 Å². The average molecular weight is 346 g/mol. The third-order valence-corrected chi connectivity index (χ3v) is 6.05. The van der Waals surface area contributed by atoms with E-state index in [1.807, 2.05) is 0 Å². The van der Waals surface area contributed by atoms with Gasteiger partial charge in [-0.2, -0.15) is 13.8 Å². The molecule has 0 amide bonds. The molecule has 0 spiro atoms. The minimum Gasteiger partial charge on any atom is -0.365 e. The predicted molar refractivity (Wildman–Crippen MR) is 79.5 cm³/mol. The zero-order valence-electron chi connectivity index (χ0n) is 12.5. The molecule has 1 aromatic heterocycles. The Morgan fingerprint density at radius 1 is 1.17 bits per heavy atom. The van der Waals surface area contributed by atoms with E-state index in [1.165, 1.54) is 10.5 Å². The highest BCUT2D eigenvalue weighted by atomic mass is 32.2. The summed E-state index contributed by atoms with van der Waals surface area (Å²) >= 11 is 0. The summed E-state index contributed by atoms with van der Waals surface area (Å²) in [5.41, 5.74) is 0.800. The van der Waals surface area contributed by atoms with Crippen molar-refractivity contribution in [3.05, 3.63) is 29.4 Å². The van der Waals surface area contributed by atoms with E-state index in [2.05, 4.69) is 11.1 Å². The van der Waals surface area contributed by atoms with Crippen LogP contribution in [-0.2, 0) is 9.84 Å². The number of anilines is 1. The van der Waals surface area contributed by atoms with Crippen LogP contribution in [0.1, 0.15) is 32.1 Å². The fraction of sp³-hybridized carbons (Fsp3) is 0.533. The zero-order chi connectivity index (χ0) is 16.6. The Hall–Kier alpha value is -1.57. The molecule has 1 aromatic rings.